The van der Waals surface area contributed by atoms with E-state index in [1.807, 2.05) is 29.6 Å². The van der Waals surface area contributed by atoms with E-state index in [4.69, 9.17) is 15.2 Å². The third-order valence-corrected chi connectivity index (χ3v) is 5.31. The van der Waals surface area contributed by atoms with Gasteiger partial charge in [-0.2, -0.15) is 11.8 Å². The summed E-state index contributed by atoms with van der Waals surface area (Å²) in [6.07, 6.45) is 0. The number of hydrogen-bond donors (Lipinski definition) is 2. The third-order valence-electron chi connectivity index (χ3n) is 3.42. The number of ether oxygens (including phenoxy) is 2. The Bertz CT molecular complexity index is 744. The number of carbonyl (C=O) groups excluding carboxylic acids is 2. The van der Waals surface area contributed by atoms with Crippen LogP contribution in [0.15, 0.2) is 29.6 Å². The van der Waals surface area contributed by atoms with Gasteiger partial charge in [0.1, 0.15) is 16.3 Å². The van der Waals surface area contributed by atoms with Gasteiger partial charge in [0, 0.05) is 23.2 Å². The zero-order chi connectivity index (χ0) is 18.9. The Kier molecular flexibility index (Phi) is 7.96. The molecule has 0 radical (unpaired) electrons. The minimum absolute atomic E-state index is 0.169. The molecule has 8 heteroatoms. The maximum Gasteiger partial charge on any atom is 0.341 e. The van der Waals surface area contributed by atoms with Gasteiger partial charge in [-0.1, -0.05) is 12.1 Å². The monoisotopic (exact) mass is 394 g/mol. The Hall–Kier alpha value is -2.03. The predicted octanol–water partition coefficient (Wildman–Crippen LogP) is 3.23. The van der Waals surface area contributed by atoms with E-state index in [1.54, 1.807) is 14.0 Å². The molecule has 0 aliphatic heterocycles. The number of nitrogens with one attached hydrogen (secondary N) is 1. The van der Waals surface area contributed by atoms with Gasteiger partial charge in [-0.15, -0.1) is 11.3 Å². The lowest BCUT2D eigenvalue weighted by atomic mass is 10.0. The molecule has 0 saturated heterocycles. The predicted molar refractivity (Wildman–Crippen MR) is 107 cm³/mol. The first-order valence-corrected chi connectivity index (χ1v) is 10.1. The van der Waals surface area contributed by atoms with E-state index in [-0.39, 0.29) is 18.3 Å². The van der Waals surface area contributed by atoms with Crippen molar-refractivity contribution in [2.45, 2.75) is 6.92 Å². The molecule has 3 N–H and O–H groups in total. The number of amides is 1. The lowest BCUT2D eigenvalue weighted by molar-refractivity contribution is -0.113. The molecule has 0 aliphatic rings. The molecule has 140 valence electrons. The van der Waals surface area contributed by atoms with Crippen LogP contribution >= 0.6 is 23.1 Å². The second-order valence-electron chi connectivity index (χ2n) is 5.19. The summed E-state index contributed by atoms with van der Waals surface area (Å²) < 4.78 is 10.4. The van der Waals surface area contributed by atoms with Crippen LogP contribution in [-0.2, 0) is 9.53 Å². The first-order chi connectivity index (χ1) is 12.6. The highest BCUT2D eigenvalue weighted by Gasteiger charge is 2.22. The van der Waals surface area contributed by atoms with Crippen molar-refractivity contribution in [1.29, 1.82) is 0 Å². The molecular formula is C18H22N2O4S2. The van der Waals surface area contributed by atoms with Gasteiger partial charge in [0.15, 0.2) is 0 Å². The molecule has 0 fully saturated rings. The van der Waals surface area contributed by atoms with Crippen molar-refractivity contribution in [3.05, 3.63) is 35.2 Å². The molecule has 1 amide bonds. The molecule has 0 spiro atoms. The SMILES string of the molecule is CCOC(=O)c1c(-c2ccc(OC)cc2)csc1NC(=O)CSCCN. The number of benzene rings is 1. The van der Waals surface area contributed by atoms with Gasteiger partial charge in [-0.05, 0) is 24.6 Å². The fraction of sp³-hybridized carbons (Fsp3) is 0.333. The first-order valence-electron chi connectivity index (χ1n) is 8.11. The molecule has 0 unspecified atom stereocenters. The Morgan fingerprint density at radius 2 is 2.00 bits per heavy atom. The highest BCUT2D eigenvalue weighted by molar-refractivity contribution is 7.99. The van der Waals surface area contributed by atoms with E-state index in [2.05, 4.69) is 5.32 Å². The van der Waals surface area contributed by atoms with E-state index >= 15 is 0 Å². The number of hydrogen-bond acceptors (Lipinski definition) is 7. The molecule has 26 heavy (non-hydrogen) atoms. The van der Waals surface area contributed by atoms with Crippen LogP contribution in [0, 0.1) is 0 Å². The van der Waals surface area contributed by atoms with Crippen LogP contribution < -0.4 is 15.8 Å². The topological polar surface area (TPSA) is 90.6 Å². The number of carbonyl (C=O) groups is 2. The highest BCUT2D eigenvalue weighted by atomic mass is 32.2. The second-order valence-corrected chi connectivity index (χ2v) is 7.18. The van der Waals surface area contributed by atoms with Crippen molar-refractivity contribution < 1.29 is 19.1 Å². The number of esters is 1. The van der Waals surface area contributed by atoms with Gasteiger partial charge in [0.05, 0.1) is 19.5 Å². The number of nitrogens with two attached hydrogens (primary N) is 1. The Balaban J connectivity index is 2.29. The normalized spacial score (nSPS) is 10.4. The Morgan fingerprint density at radius 1 is 1.27 bits per heavy atom. The molecule has 1 heterocycles. The zero-order valence-corrected chi connectivity index (χ0v) is 16.4. The lowest BCUT2D eigenvalue weighted by Crippen LogP contribution is -2.17. The quantitative estimate of drug-likeness (QED) is 0.501. The largest absolute Gasteiger partial charge is 0.497 e. The molecule has 6 nitrogen and oxygen atoms in total. The summed E-state index contributed by atoms with van der Waals surface area (Å²) in [5, 5.41) is 5.15. The lowest BCUT2D eigenvalue weighted by Gasteiger charge is -2.09. The minimum Gasteiger partial charge on any atom is -0.497 e. The number of methoxy groups -OCH3 is 1. The summed E-state index contributed by atoms with van der Waals surface area (Å²) in [5.41, 5.74) is 7.38. The van der Waals surface area contributed by atoms with Gasteiger partial charge < -0.3 is 20.5 Å². The summed E-state index contributed by atoms with van der Waals surface area (Å²) >= 11 is 2.75. The van der Waals surface area contributed by atoms with Crippen LogP contribution in [0.2, 0.25) is 0 Å². The van der Waals surface area contributed by atoms with Crippen LogP contribution in [0.25, 0.3) is 11.1 Å². The molecule has 1 aromatic carbocycles. The van der Waals surface area contributed by atoms with Crippen LogP contribution in [0.3, 0.4) is 0 Å². The number of anilines is 1. The van der Waals surface area contributed by atoms with Gasteiger partial charge in [-0.3, -0.25) is 4.79 Å². The van der Waals surface area contributed by atoms with E-state index < -0.39 is 5.97 Å². The van der Waals surface area contributed by atoms with Gasteiger partial charge in [0.25, 0.3) is 0 Å². The van der Waals surface area contributed by atoms with Crippen molar-refractivity contribution in [2.24, 2.45) is 5.73 Å². The summed E-state index contributed by atoms with van der Waals surface area (Å²) in [5.74, 6) is 1.10. The first kappa shape index (κ1) is 20.3. The number of rotatable bonds is 9. The van der Waals surface area contributed by atoms with E-state index in [9.17, 15) is 9.59 Å². The van der Waals surface area contributed by atoms with Crippen molar-refractivity contribution in [3.63, 3.8) is 0 Å². The molecule has 0 saturated carbocycles. The van der Waals surface area contributed by atoms with Gasteiger partial charge in [0.2, 0.25) is 5.91 Å². The number of thiophene rings is 1. The molecule has 2 aromatic rings. The van der Waals surface area contributed by atoms with Crippen molar-refractivity contribution in [1.82, 2.24) is 0 Å². The molecule has 0 bridgehead atoms. The average molecular weight is 395 g/mol. The highest BCUT2D eigenvalue weighted by Crippen LogP contribution is 2.36. The standard InChI is InChI=1S/C18H22N2O4S2/c1-3-24-18(22)16-14(12-4-6-13(23-2)7-5-12)10-26-17(16)20-15(21)11-25-9-8-19/h4-7,10H,3,8-9,11,19H2,1-2H3,(H,20,21). The summed E-state index contributed by atoms with van der Waals surface area (Å²) in [4.78, 5) is 24.6. The minimum atomic E-state index is -0.454. The Labute approximate surface area is 161 Å². The van der Waals surface area contributed by atoms with E-state index in [0.717, 1.165) is 16.9 Å². The van der Waals surface area contributed by atoms with Gasteiger partial charge >= 0.3 is 5.97 Å². The van der Waals surface area contributed by atoms with Crippen LogP contribution in [0.4, 0.5) is 5.00 Å². The van der Waals surface area contributed by atoms with E-state index in [0.29, 0.717) is 22.9 Å². The third kappa shape index (κ3) is 5.23. The van der Waals surface area contributed by atoms with Crippen molar-refractivity contribution in [3.8, 4) is 16.9 Å². The number of thioether (sulfide) groups is 1. The average Bonchev–Trinajstić information content (AvgIpc) is 3.05. The fourth-order valence-corrected chi connectivity index (χ4v) is 3.79. The molecular weight excluding hydrogens is 372 g/mol. The second kappa shape index (κ2) is 10.2. The van der Waals surface area contributed by atoms with Crippen LogP contribution in [0.1, 0.15) is 17.3 Å². The summed E-state index contributed by atoms with van der Waals surface area (Å²) in [6, 6.07) is 7.38. The van der Waals surface area contributed by atoms with Crippen LogP contribution in [0.5, 0.6) is 5.75 Å². The smallest absolute Gasteiger partial charge is 0.341 e. The van der Waals surface area contributed by atoms with Crippen LogP contribution in [-0.4, -0.2) is 43.6 Å². The van der Waals surface area contributed by atoms with Gasteiger partial charge in [-0.25, -0.2) is 4.79 Å². The molecule has 1 aromatic heterocycles. The molecule has 0 atom stereocenters. The van der Waals surface area contributed by atoms with Crippen molar-refractivity contribution in [2.75, 3.05) is 37.1 Å². The fourth-order valence-electron chi connectivity index (χ4n) is 2.25. The Morgan fingerprint density at radius 3 is 2.62 bits per heavy atom. The zero-order valence-electron chi connectivity index (χ0n) is 14.7. The summed E-state index contributed by atoms with van der Waals surface area (Å²) in [7, 11) is 1.60. The summed E-state index contributed by atoms with van der Waals surface area (Å²) in [6.45, 7) is 2.53. The molecule has 0 aliphatic carbocycles. The molecule has 2 rings (SSSR count). The maximum atomic E-state index is 12.5. The van der Waals surface area contributed by atoms with E-state index in [1.165, 1.54) is 23.1 Å². The maximum absolute atomic E-state index is 12.5. The van der Waals surface area contributed by atoms with Crippen molar-refractivity contribution >= 4 is 40.0 Å².